The number of nitrogens with one attached hydrogen (secondary N) is 1. The van der Waals surface area contributed by atoms with Crippen LogP contribution in [0.4, 0.5) is 0 Å². The topological polar surface area (TPSA) is 62.5 Å². The van der Waals surface area contributed by atoms with E-state index in [2.05, 4.69) is 5.32 Å². The van der Waals surface area contributed by atoms with E-state index in [-0.39, 0.29) is 24.5 Å². The molecule has 2 unspecified atom stereocenters. The lowest BCUT2D eigenvalue weighted by atomic mass is 9.95. The molecule has 1 aliphatic rings. The molecule has 0 spiro atoms. The largest absolute Gasteiger partial charge is 0.466 e. The van der Waals surface area contributed by atoms with Gasteiger partial charge in [-0.3, -0.25) is 4.79 Å². The minimum absolute atomic E-state index is 0.0596. The van der Waals surface area contributed by atoms with Gasteiger partial charge in [0.05, 0.1) is 0 Å². The van der Waals surface area contributed by atoms with Gasteiger partial charge in [0.25, 0.3) is 0 Å². The summed E-state index contributed by atoms with van der Waals surface area (Å²) in [7, 11) is 0. The highest BCUT2D eigenvalue weighted by atomic mass is 16.3. The van der Waals surface area contributed by atoms with Crippen molar-refractivity contribution >= 4 is 5.91 Å². The summed E-state index contributed by atoms with van der Waals surface area (Å²) < 4.78 is 5.47. The highest BCUT2D eigenvalue weighted by Crippen LogP contribution is 2.23. The summed E-state index contributed by atoms with van der Waals surface area (Å²) in [5, 5.41) is 12.5. The Morgan fingerprint density at radius 2 is 2.15 bits per heavy atom. The molecule has 0 radical (unpaired) electrons. The van der Waals surface area contributed by atoms with Gasteiger partial charge in [-0.1, -0.05) is 19.3 Å². The zero-order valence-corrected chi connectivity index (χ0v) is 12.2. The molecule has 0 saturated heterocycles. The maximum absolute atomic E-state index is 12.0. The summed E-state index contributed by atoms with van der Waals surface area (Å²) >= 11 is 0. The molecular weight excluding hydrogens is 254 g/mol. The summed E-state index contributed by atoms with van der Waals surface area (Å²) in [6.45, 7) is 2.07. The van der Waals surface area contributed by atoms with Gasteiger partial charge in [0.1, 0.15) is 11.5 Å². The SMILES string of the molecule is Cc1ccc(CCC(=O)NC2CCCCCC2CO)o1. The average Bonchev–Trinajstić information content (AvgIpc) is 2.72. The highest BCUT2D eigenvalue weighted by molar-refractivity contribution is 5.76. The van der Waals surface area contributed by atoms with Crippen LogP contribution < -0.4 is 5.32 Å². The maximum atomic E-state index is 12.0. The fraction of sp³-hybridized carbons (Fsp3) is 0.688. The molecule has 1 heterocycles. The zero-order valence-electron chi connectivity index (χ0n) is 12.2. The van der Waals surface area contributed by atoms with Crippen molar-refractivity contribution < 1.29 is 14.3 Å². The molecule has 1 amide bonds. The van der Waals surface area contributed by atoms with Crippen LogP contribution in [-0.4, -0.2) is 23.7 Å². The Balaban J connectivity index is 1.80. The fourth-order valence-corrected chi connectivity index (χ4v) is 2.93. The molecule has 4 heteroatoms. The Morgan fingerprint density at radius 3 is 2.85 bits per heavy atom. The van der Waals surface area contributed by atoms with Crippen LogP contribution in [0, 0.1) is 12.8 Å². The highest BCUT2D eigenvalue weighted by Gasteiger charge is 2.24. The Hall–Kier alpha value is -1.29. The van der Waals surface area contributed by atoms with Gasteiger partial charge >= 0.3 is 0 Å². The van der Waals surface area contributed by atoms with E-state index < -0.39 is 0 Å². The lowest BCUT2D eigenvalue weighted by Gasteiger charge is -2.24. The van der Waals surface area contributed by atoms with E-state index in [9.17, 15) is 9.90 Å². The number of aliphatic hydroxyl groups is 1. The first-order valence-electron chi connectivity index (χ1n) is 7.64. The summed E-state index contributed by atoms with van der Waals surface area (Å²) in [5.74, 6) is 2.01. The monoisotopic (exact) mass is 279 g/mol. The van der Waals surface area contributed by atoms with Gasteiger partial charge in [0, 0.05) is 31.4 Å². The van der Waals surface area contributed by atoms with Gasteiger partial charge in [-0.2, -0.15) is 0 Å². The molecule has 1 aromatic rings. The van der Waals surface area contributed by atoms with Crippen LogP contribution in [0.5, 0.6) is 0 Å². The van der Waals surface area contributed by atoms with Crippen molar-refractivity contribution in [1.82, 2.24) is 5.32 Å². The molecular formula is C16H25NO3. The number of carbonyl (C=O) groups is 1. The number of aliphatic hydroxyl groups excluding tert-OH is 1. The van der Waals surface area contributed by atoms with Gasteiger partial charge in [0.2, 0.25) is 5.91 Å². The maximum Gasteiger partial charge on any atom is 0.220 e. The van der Waals surface area contributed by atoms with E-state index >= 15 is 0 Å². The van der Waals surface area contributed by atoms with E-state index in [0.717, 1.165) is 37.2 Å². The predicted octanol–water partition coefficient (Wildman–Crippen LogP) is 2.58. The van der Waals surface area contributed by atoms with Crippen LogP contribution in [0.15, 0.2) is 16.5 Å². The van der Waals surface area contributed by atoms with Crippen molar-refractivity contribution in [2.24, 2.45) is 5.92 Å². The number of furan rings is 1. The van der Waals surface area contributed by atoms with Crippen LogP contribution in [-0.2, 0) is 11.2 Å². The average molecular weight is 279 g/mol. The molecule has 0 aromatic carbocycles. The summed E-state index contributed by atoms with van der Waals surface area (Å²) in [6, 6.07) is 3.97. The first-order valence-corrected chi connectivity index (χ1v) is 7.64. The molecule has 1 aliphatic carbocycles. The Labute approximate surface area is 120 Å². The third-order valence-electron chi connectivity index (χ3n) is 4.13. The van der Waals surface area contributed by atoms with Crippen LogP contribution in [0.1, 0.15) is 50.0 Å². The minimum Gasteiger partial charge on any atom is -0.466 e. The normalized spacial score (nSPS) is 23.3. The van der Waals surface area contributed by atoms with Crippen molar-refractivity contribution in [2.45, 2.75) is 57.9 Å². The second-order valence-corrected chi connectivity index (χ2v) is 5.77. The molecule has 2 N–H and O–H groups in total. The molecule has 4 nitrogen and oxygen atoms in total. The summed E-state index contributed by atoms with van der Waals surface area (Å²) in [6.07, 6.45) is 6.57. The number of aryl methyl sites for hydroxylation is 2. The second-order valence-electron chi connectivity index (χ2n) is 5.77. The number of rotatable bonds is 5. The number of hydrogen-bond donors (Lipinski definition) is 2. The zero-order chi connectivity index (χ0) is 14.4. The van der Waals surface area contributed by atoms with Crippen LogP contribution >= 0.6 is 0 Å². The van der Waals surface area contributed by atoms with Crippen molar-refractivity contribution in [3.63, 3.8) is 0 Å². The van der Waals surface area contributed by atoms with E-state index in [1.165, 1.54) is 6.42 Å². The molecule has 2 rings (SSSR count). The van der Waals surface area contributed by atoms with Crippen LogP contribution in [0.25, 0.3) is 0 Å². The van der Waals surface area contributed by atoms with Gasteiger partial charge in [-0.15, -0.1) is 0 Å². The molecule has 112 valence electrons. The second kappa shape index (κ2) is 7.48. The molecule has 1 saturated carbocycles. The Bertz CT molecular complexity index is 427. The van der Waals surface area contributed by atoms with Gasteiger partial charge in [-0.05, 0) is 31.9 Å². The van der Waals surface area contributed by atoms with E-state index in [0.29, 0.717) is 12.8 Å². The Kier molecular flexibility index (Phi) is 5.65. The van der Waals surface area contributed by atoms with Crippen molar-refractivity contribution in [2.75, 3.05) is 6.61 Å². The van der Waals surface area contributed by atoms with E-state index in [1.807, 2.05) is 19.1 Å². The minimum atomic E-state index is 0.0596. The number of amides is 1. The quantitative estimate of drug-likeness (QED) is 0.814. The lowest BCUT2D eigenvalue weighted by Crippen LogP contribution is -2.41. The molecule has 2 atom stereocenters. The molecule has 1 fully saturated rings. The standard InChI is InChI=1S/C16H25NO3/c1-12-7-8-14(20-12)9-10-16(19)17-15-6-4-2-3-5-13(15)11-18/h7-8,13,15,18H,2-6,9-11H2,1H3,(H,17,19). The Morgan fingerprint density at radius 1 is 1.35 bits per heavy atom. The number of hydrogen-bond acceptors (Lipinski definition) is 3. The van der Waals surface area contributed by atoms with Crippen molar-refractivity contribution in [3.8, 4) is 0 Å². The van der Waals surface area contributed by atoms with E-state index in [1.54, 1.807) is 0 Å². The van der Waals surface area contributed by atoms with Crippen LogP contribution in [0.2, 0.25) is 0 Å². The molecule has 20 heavy (non-hydrogen) atoms. The third-order valence-corrected chi connectivity index (χ3v) is 4.13. The predicted molar refractivity (Wildman–Crippen MR) is 77.4 cm³/mol. The number of carbonyl (C=O) groups excluding carboxylic acids is 1. The van der Waals surface area contributed by atoms with E-state index in [4.69, 9.17) is 4.42 Å². The van der Waals surface area contributed by atoms with Gasteiger partial charge < -0.3 is 14.8 Å². The summed E-state index contributed by atoms with van der Waals surface area (Å²) in [4.78, 5) is 12.0. The first-order chi connectivity index (χ1) is 9.69. The van der Waals surface area contributed by atoms with Gasteiger partial charge in [-0.25, -0.2) is 0 Å². The van der Waals surface area contributed by atoms with Gasteiger partial charge in [0.15, 0.2) is 0 Å². The smallest absolute Gasteiger partial charge is 0.220 e. The lowest BCUT2D eigenvalue weighted by molar-refractivity contribution is -0.122. The fourth-order valence-electron chi connectivity index (χ4n) is 2.93. The third kappa shape index (κ3) is 4.37. The van der Waals surface area contributed by atoms with Crippen LogP contribution in [0.3, 0.4) is 0 Å². The molecule has 0 bridgehead atoms. The molecule has 0 aliphatic heterocycles. The van der Waals surface area contributed by atoms with Crippen molar-refractivity contribution in [1.29, 1.82) is 0 Å². The summed E-state index contributed by atoms with van der Waals surface area (Å²) in [5.41, 5.74) is 0. The molecule has 1 aromatic heterocycles. The van der Waals surface area contributed by atoms with Crippen molar-refractivity contribution in [3.05, 3.63) is 23.7 Å². The first kappa shape index (κ1) is 15.1.